The molecular formula is C26H29N3O6. The average Bonchev–Trinajstić information content (AvgIpc) is 2.76. The molecule has 0 aliphatic heterocycles. The first-order valence-electron chi connectivity index (χ1n) is 11.0. The van der Waals surface area contributed by atoms with Crippen LogP contribution in [0.4, 0.5) is 10.5 Å². The number of anilines is 1. The van der Waals surface area contributed by atoms with Crippen LogP contribution in [0.3, 0.4) is 0 Å². The van der Waals surface area contributed by atoms with E-state index in [2.05, 4.69) is 15.3 Å². The first-order valence-corrected chi connectivity index (χ1v) is 11.0. The van der Waals surface area contributed by atoms with Gasteiger partial charge in [0.2, 0.25) is 0 Å². The number of carbonyl (C=O) groups excluding carboxylic acids is 3. The van der Waals surface area contributed by atoms with E-state index < -0.39 is 29.2 Å². The number of hydrogen-bond acceptors (Lipinski definition) is 8. The maximum atomic E-state index is 12.6. The first kappa shape index (κ1) is 25.6. The lowest BCUT2D eigenvalue weighted by molar-refractivity contribution is 0.00623. The number of ether oxygens (including phenoxy) is 3. The van der Waals surface area contributed by atoms with Crippen LogP contribution in [-0.2, 0) is 14.2 Å². The molecule has 0 spiro atoms. The molecule has 0 atom stereocenters. The van der Waals surface area contributed by atoms with Crippen LogP contribution < -0.4 is 5.32 Å². The molecule has 0 saturated carbocycles. The third kappa shape index (κ3) is 6.53. The van der Waals surface area contributed by atoms with E-state index in [0.29, 0.717) is 10.9 Å². The molecule has 1 amide bonds. The van der Waals surface area contributed by atoms with E-state index in [1.165, 1.54) is 19.4 Å². The summed E-state index contributed by atoms with van der Waals surface area (Å²) in [5, 5.41) is 3.97. The molecular weight excluding hydrogens is 450 g/mol. The number of esters is 2. The van der Waals surface area contributed by atoms with Crippen molar-refractivity contribution in [3.8, 4) is 11.4 Å². The third-order valence-electron chi connectivity index (χ3n) is 4.57. The summed E-state index contributed by atoms with van der Waals surface area (Å²) in [7, 11) is 1.26. The Kier molecular flexibility index (Phi) is 7.09. The van der Waals surface area contributed by atoms with Crippen LogP contribution in [0.5, 0.6) is 0 Å². The second-order valence-electron chi connectivity index (χ2n) is 9.81. The molecule has 1 N–H and O–H groups in total. The third-order valence-corrected chi connectivity index (χ3v) is 4.57. The molecule has 35 heavy (non-hydrogen) atoms. The number of benzene rings is 2. The maximum Gasteiger partial charge on any atom is 0.412 e. The van der Waals surface area contributed by atoms with E-state index in [1.807, 2.05) is 0 Å². The highest BCUT2D eigenvalue weighted by atomic mass is 16.6. The highest BCUT2D eigenvalue weighted by Gasteiger charge is 2.23. The number of fused-ring (bicyclic) bond motifs is 1. The summed E-state index contributed by atoms with van der Waals surface area (Å²) in [5.41, 5.74) is -0.337. The molecule has 0 fully saturated rings. The van der Waals surface area contributed by atoms with Crippen LogP contribution in [-0.4, -0.2) is 46.3 Å². The van der Waals surface area contributed by atoms with Gasteiger partial charge in [0, 0.05) is 17.1 Å². The summed E-state index contributed by atoms with van der Waals surface area (Å²) in [5.74, 6) is -0.907. The molecule has 2 aromatic carbocycles. The number of rotatable bonds is 4. The fourth-order valence-corrected chi connectivity index (χ4v) is 3.22. The van der Waals surface area contributed by atoms with Crippen LogP contribution in [0, 0.1) is 0 Å². The van der Waals surface area contributed by atoms with Gasteiger partial charge in [-0.1, -0.05) is 18.2 Å². The summed E-state index contributed by atoms with van der Waals surface area (Å²) in [6, 6.07) is 10.1. The van der Waals surface area contributed by atoms with Crippen LogP contribution in [0.1, 0.15) is 62.4 Å². The SMILES string of the molecule is COC(=O)c1ccc2ccc(-c3nccc(C(=O)OC(C)(C)C)n3)cc2c1NC(=O)OC(C)(C)C. The molecule has 9 nitrogen and oxygen atoms in total. The van der Waals surface area contributed by atoms with Gasteiger partial charge in [-0.25, -0.2) is 24.4 Å². The molecule has 0 unspecified atom stereocenters. The molecule has 0 radical (unpaired) electrons. The molecule has 9 heteroatoms. The number of aromatic nitrogens is 2. The molecule has 0 aliphatic carbocycles. The number of carbonyl (C=O) groups is 3. The Morgan fingerprint density at radius 3 is 2.14 bits per heavy atom. The van der Waals surface area contributed by atoms with Crippen LogP contribution in [0.2, 0.25) is 0 Å². The van der Waals surface area contributed by atoms with Gasteiger partial charge in [-0.3, -0.25) is 5.32 Å². The molecule has 0 bridgehead atoms. The van der Waals surface area contributed by atoms with Crippen molar-refractivity contribution in [2.45, 2.75) is 52.7 Å². The zero-order chi connectivity index (χ0) is 26.0. The molecule has 3 rings (SSSR count). The topological polar surface area (TPSA) is 117 Å². The van der Waals surface area contributed by atoms with Gasteiger partial charge < -0.3 is 14.2 Å². The molecule has 0 saturated heterocycles. The van der Waals surface area contributed by atoms with E-state index in [1.54, 1.807) is 71.9 Å². The summed E-state index contributed by atoms with van der Waals surface area (Å²) in [6.45, 7) is 10.5. The number of hydrogen-bond donors (Lipinski definition) is 1. The lowest BCUT2D eigenvalue weighted by atomic mass is 10.0. The summed E-state index contributed by atoms with van der Waals surface area (Å²) < 4.78 is 15.7. The minimum atomic E-state index is -0.735. The molecule has 0 aliphatic rings. The van der Waals surface area contributed by atoms with Gasteiger partial charge in [-0.05, 0) is 65.1 Å². The smallest absolute Gasteiger partial charge is 0.412 e. The fraction of sp³-hybridized carbons (Fsp3) is 0.346. The van der Waals surface area contributed by atoms with Gasteiger partial charge >= 0.3 is 18.0 Å². The van der Waals surface area contributed by atoms with E-state index in [4.69, 9.17) is 14.2 Å². The Morgan fingerprint density at radius 1 is 0.857 bits per heavy atom. The van der Waals surface area contributed by atoms with Crippen molar-refractivity contribution in [3.63, 3.8) is 0 Å². The van der Waals surface area contributed by atoms with Gasteiger partial charge in [0.05, 0.1) is 18.4 Å². The van der Waals surface area contributed by atoms with Crippen LogP contribution in [0.15, 0.2) is 42.6 Å². The Hall–Kier alpha value is -4.01. The van der Waals surface area contributed by atoms with Crippen molar-refractivity contribution < 1.29 is 28.6 Å². The molecule has 184 valence electrons. The second kappa shape index (κ2) is 9.69. The van der Waals surface area contributed by atoms with Crippen molar-refractivity contribution in [3.05, 3.63) is 53.9 Å². The van der Waals surface area contributed by atoms with E-state index in [0.717, 1.165) is 5.39 Å². The Bertz CT molecular complexity index is 1290. The van der Waals surface area contributed by atoms with Gasteiger partial charge in [0.1, 0.15) is 11.2 Å². The van der Waals surface area contributed by atoms with Gasteiger partial charge in [-0.15, -0.1) is 0 Å². The van der Waals surface area contributed by atoms with E-state index >= 15 is 0 Å². The minimum Gasteiger partial charge on any atom is -0.465 e. The number of nitrogens with zero attached hydrogens (tertiary/aromatic N) is 2. The van der Waals surface area contributed by atoms with Gasteiger partial charge in [0.15, 0.2) is 11.5 Å². The number of amides is 1. The summed E-state index contributed by atoms with van der Waals surface area (Å²) >= 11 is 0. The number of methoxy groups -OCH3 is 1. The highest BCUT2D eigenvalue weighted by Crippen LogP contribution is 2.32. The fourth-order valence-electron chi connectivity index (χ4n) is 3.22. The zero-order valence-electron chi connectivity index (χ0n) is 20.9. The maximum absolute atomic E-state index is 12.6. The first-order chi connectivity index (χ1) is 16.3. The Labute approximate surface area is 203 Å². The lowest BCUT2D eigenvalue weighted by Gasteiger charge is -2.21. The Morgan fingerprint density at radius 2 is 1.51 bits per heavy atom. The lowest BCUT2D eigenvalue weighted by Crippen LogP contribution is -2.28. The van der Waals surface area contributed by atoms with Gasteiger partial charge in [-0.2, -0.15) is 0 Å². The van der Waals surface area contributed by atoms with Crippen LogP contribution in [0.25, 0.3) is 22.2 Å². The van der Waals surface area contributed by atoms with Gasteiger partial charge in [0.25, 0.3) is 0 Å². The predicted octanol–water partition coefficient (Wildman–Crippen LogP) is 5.39. The zero-order valence-corrected chi connectivity index (χ0v) is 20.9. The predicted molar refractivity (Wildman–Crippen MR) is 131 cm³/mol. The quantitative estimate of drug-likeness (QED) is 0.391. The van der Waals surface area contributed by atoms with Crippen molar-refractivity contribution >= 4 is 34.5 Å². The highest BCUT2D eigenvalue weighted by molar-refractivity contribution is 6.11. The number of nitrogens with one attached hydrogen (secondary N) is 1. The Balaban J connectivity index is 2.10. The van der Waals surface area contributed by atoms with E-state index in [-0.39, 0.29) is 22.8 Å². The van der Waals surface area contributed by atoms with Crippen molar-refractivity contribution in [1.82, 2.24) is 9.97 Å². The summed E-state index contributed by atoms with van der Waals surface area (Å²) in [6.07, 6.45) is 0.750. The molecule has 3 aromatic rings. The second-order valence-corrected chi connectivity index (χ2v) is 9.81. The van der Waals surface area contributed by atoms with E-state index in [9.17, 15) is 14.4 Å². The largest absolute Gasteiger partial charge is 0.465 e. The van der Waals surface area contributed by atoms with Crippen LogP contribution >= 0.6 is 0 Å². The standard InChI is InChI=1S/C26H29N3O6/c1-25(2,3)34-23(31)19-12-13-27-21(28-19)16-9-8-15-10-11-17(22(30)33-7)20(18(15)14-16)29-24(32)35-26(4,5)6/h8-14H,1-7H3,(H,29,32). The average molecular weight is 480 g/mol. The molecule has 1 heterocycles. The van der Waals surface area contributed by atoms with Crippen molar-refractivity contribution in [2.75, 3.05) is 12.4 Å². The molecule has 1 aromatic heterocycles. The minimum absolute atomic E-state index is 0.112. The summed E-state index contributed by atoms with van der Waals surface area (Å²) in [4.78, 5) is 46.1. The van der Waals surface area contributed by atoms with Crippen molar-refractivity contribution in [1.29, 1.82) is 0 Å². The van der Waals surface area contributed by atoms with Crippen molar-refractivity contribution in [2.24, 2.45) is 0 Å². The monoisotopic (exact) mass is 479 g/mol. The normalized spacial score (nSPS) is 11.6.